The van der Waals surface area contributed by atoms with Gasteiger partial charge in [-0.25, -0.2) is 9.97 Å². The fourth-order valence-corrected chi connectivity index (χ4v) is 4.28. The number of aromatic nitrogens is 3. The van der Waals surface area contributed by atoms with E-state index in [1.54, 1.807) is 6.20 Å². The smallest absolute Gasteiger partial charge is 0.143 e. The fourth-order valence-electron chi connectivity index (χ4n) is 4.28. The van der Waals surface area contributed by atoms with E-state index in [4.69, 9.17) is 4.74 Å². The lowest BCUT2D eigenvalue weighted by atomic mass is 10.0. The lowest BCUT2D eigenvalue weighted by molar-refractivity contribution is -0.0166. The molecular formula is C20H22N4O3. The Labute approximate surface area is 156 Å². The van der Waals surface area contributed by atoms with Crippen molar-refractivity contribution in [2.75, 3.05) is 6.54 Å². The maximum Gasteiger partial charge on any atom is 0.143 e. The number of benzene rings is 1. The first-order valence-electron chi connectivity index (χ1n) is 9.33. The maximum absolute atomic E-state index is 10.7. The van der Waals surface area contributed by atoms with Gasteiger partial charge in [-0.15, -0.1) is 0 Å². The second-order valence-corrected chi connectivity index (χ2v) is 7.29. The van der Waals surface area contributed by atoms with E-state index in [0.29, 0.717) is 6.42 Å². The van der Waals surface area contributed by atoms with Crippen LogP contribution in [0.15, 0.2) is 43.0 Å². The fraction of sp³-hybridized carbons (Fsp3) is 0.400. The van der Waals surface area contributed by atoms with Crippen molar-refractivity contribution >= 4 is 11.0 Å². The SMILES string of the molecule is O[C@@H]1[C@@H](Oc2cccc3c2CNCC3)CC(n2ccc3cncnc32)[C@@H]1O. The standard InChI is InChI=1S/C20H22N4O3/c25-18-15(24-7-5-13-9-22-11-23-20(13)24)8-17(19(18)26)27-16-3-1-2-12-4-6-21-10-14(12)16/h1-3,5,7,9,11,15,17-19,21,25-26H,4,6,8,10H2/t15?,17-,18-,19+/m0/s1. The molecule has 4 atom stereocenters. The highest BCUT2D eigenvalue weighted by Gasteiger charge is 2.44. The summed E-state index contributed by atoms with van der Waals surface area (Å²) in [7, 11) is 0. The van der Waals surface area contributed by atoms with Gasteiger partial charge < -0.3 is 24.8 Å². The van der Waals surface area contributed by atoms with Crippen LogP contribution in [0.1, 0.15) is 23.6 Å². The number of fused-ring (bicyclic) bond motifs is 2. The Morgan fingerprint density at radius 2 is 2.11 bits per heavy atom. The Kier molecular flexibility index (Phi) is 4.07. The third kappa shape index (κ3) is 2.79. The highest BCUT2D eigenvalue weighted by Crippen LogP contribution is 2.37. The summed E-state index contributed by atoms with van der Waals surface area (Å²) in [5.74, 6) is 0.788. The van der Waals surface area contributed by atoms with E-state index in [9.17, 15) is 10.2 Å². The molecule has 0 amide bonds. The van der Waals surface area contributed by atoms with Gasteiger partial charge in [0.1, 0.15) is 36.0 Å². The van der Waals surface area contributed by atoms with Crippen LogP contribution < -0.4 is 10.1 Å². The quantitative estimate of drug-likeness (QED) is 0.645. The molecule has 7 heteroatoms. The molecular weight excluding hydrogens is 344 g/mol. The van der Waals surface area contributed by atoms with Gasteiger partial charge in [-0.3, -0.25) is 0 Å². The molecule has 1 aromatic carbocycles. The van der Waals surface area contributed by atoms with Gasteiger partial charge in [0.2, 0.25) is 0 Å². The first-order chi connectivity index (χ1) is 13.2. The molecule has 3 heterocycles. The zero-order valence-electron chi connectivity index (χ0n) is 14.8. The predicted molar refractivity (Wildman–Crippen MR) is 99.5 cm³/mol. The third-order valence-corrected chi connectivity index (χ3v) is 5.72. The number of hydrogen-bond acceptors (Lipinski definition) is 6. The first-order valence-corrected chi connectivity index (χ1v) is 9.33. The van der Waals surface area contributed by atoms with Crippen molar-refractivity contribution < 1.29 is 14.9 Å². The van der Waals surface area contributed by atoms with Gasteiger partial charge in [0.25, 0.3) is 0 Å². The summed E-state index contributed by atoms with van der Waals surface area (Å²) in [4.78, 5) is 8.35. The van der Waals surface area contributed by atoms with Crippen molar-refractivity contribution in [3.8, 4) is 5.75 Å². The largest absolute Gasteiger partial charge is 0.487 e. The van der Waals surface area contributed by atoms with Crippen LogP contribution in [-0.4, -0.2) is 49.6 Å². The molecule has 2 aliphatic rings. The molecule has 0 radical (unpaired) electrons. The van der Waals surface area contributed by atoms with Crippen LogP contribution in [-0.2, 0) is 13.0 Å². The van der Waals surface area contributed by atoms with Crippen LogP contribution in [0.4, 0.5) is 0 Å². The van der Waals surface area contributed by atoms with Crippen molar-refractivity contribution in [2.45, 2.75) is 43.7 Å². The number of nitrogens with zero attached hydrogens (tertiary/aromatic N) is 3. The zero-order valence-corrected chi connectivity index (χ0v) is 14.8. The van der Waals surface area contributed by atoms with Crippen molar-refractivity contribution in [1.29, 1.82) is 0 Å². The molecule has 0 saturated heterocycles. The number of ether oxygens (including phenoxy) is 1. The molecule has 1 aliphatic carbocycles. The van der Waals surface area contributed by atoms with Gasteiger partial charge in [-0.2, -0.15) is 0 Å². The van der Waals surface area contributed by atoms with Crippen molar-refractivity contribution in [2.24, 2.45) is 0 Å². The first kappa shape index (κ1) is 16.7. The summed E-state index contributed by atoms with van der Waals surface area (Å²) in [5, 5.41) is 25.6. The van der Waals surface area contributed by atoms with Gasteiger partial charge in [0.15, 0.2) is 0 Å². The third-order valence-electron chi connectivity index (χ3n) is 5.72. The molecule has 0 spiro atoms. The Morgan fingerprint density at radius 1 is 1.19 bits per heavy atom. The zero-order chi connectivity index (χ0) is 18.4. The lowest BCUT2D eigenvalue weighted by Crippen LogP contribution is -2.34. The molecule has 5 rings (SSSR count). The summed E-state index contributed by atoms with van der Waals surface area (Å²) in [6, 6.07) is 7.68. The van der Waals surface area contributed by atoms with Crippen molar-refractivity contribution in [3.05, 3.63) is 54.1 Å². The number of nitrogens with one attached hydrogen (secondary N) is 1. The highest BCUT2D eigenvalue weighted by molar-refractivity contribution is 5.74. The van der Waals surface area contributed by atoms with Crippen LogP contribution >= 0.6 is 0 Å². The van der Waals surface area contributed by atoms with Gasteiger partial charge in [0.05, 0.1) is 6.04 Å². The van der Waals surface area contributed by atoms with Crippen LogP contribution in [0.5, 0.6) is 5.75 Å². The molecule has 3 N–H and O–H groups in total. The minimum Gasteiger partial charge on any atom is -0.487 e. The molecule has 1 saturated carbocycles. The number of hydrogen-bond donors (Lipinski definition) is 3. The second-order valence-electron chi connectivity index (χ2n) is 7.29. The van der Waals surface area contributed by atoms with E-state index < -0.39 is 18.3 Å². The topological polar surface area (TPSA) is 92.4 Å². The monoisotopic (exact) mass is 366 g/mol. The number of aliphatic hydroxyl groups is 2. The number of aliphatic hydroxyl groups excluding tert-OH is 2. The summed E-state index contributed by atoms with van der Waals surface area (Å²) in [5.41, 5.74) is 3.18. The Morgan fingerprint density at radius 3 is 3.04 bits per heavy atom. The lowest BCUT2D eigenvalue weighted by Gasteiger charge is -2.24. The molecule has 3 aromatic rings. The molecule has 2 aromatic heterocycles. The summed E-state index contributed by atoms with van der Waals surface area (Å²) in [6.07, 6.45) is 4.25. The minimum absolute atomic E-state index is 0.296. The molecule has 7 nitrogen and oxygen atoms in total. The molecule has 27 heavy (non-hydrogen) atoms. The van der Waals surface area contributed by atoms with E-state index in [-0.39, 0.29) is 6.04 Å². The van der Waals surface area contributed by atoms with Crippen LogP contribution in [0.25, 0.3) is 11.0 Å². The van der Waals surface area contributed by atoms with Gasteiger partial charge in [-0.1, -0.05) is 12.1 Å². The Bertz CT molecular complexity index is 973. The van der Waals surface area contributed by atoms with Crippen molar-refractivity contribution in [3.63, 3.8) is 0 Å². The van der Waals surface area contributed by atoms with E-state index in [1.165, 1.54) is 11.9 Å². The van der Waals surface area contributed by atoms with Gasteiger partial charge in [0, 0.05) is 36.3 Å². The number of rotatable bonds is 3. The molecule has 1 fully saturated rings. The molecule has 1 unspecified atom stereocenters. The summed E-state index contributed by atoms with van der Waals surface area (Å²) < 4.78 is 8.11. The summed E-state index contributed by atoms with van der Waals surface area (Å²) in [6.45, 7) is 1.73. The Balaban J connectivity index is 1.42. The van der Waals surface area contributed by atoms with E-state index >= 15 is 0 Å². The Hall–Kier alpha value is -2.48. The second kappa shape index (κ2) is 6.60. The highest BCUT2D eigenvalue weighted by atomic mass is 16.5. The predicted octanol–water partition coefficient (Wildman–Crippen LogP) is 1.19. The van der Waals surface area contributed by atoms with Crippen LogP contribution in [0.2, 0.25) is 0 Å². The summed E-state index contributed by atoms with van der Waals surface area (Å²) >= 11 is 0. The average molecular weight is 366 g/mol. The molecule has 1 aliphatic heterocycles. The van der Waals surface area contributed by atoms with E-state index in [2.05, 4.69) is 21.4 Å². The molecule has 0 bridgehead atoms. The minimum atomic E-state index is -0.957. The maximum atomic E-state index is 10.7. The molecule has 140 valence electrons. The van der Waals surface area contributed by atoms with Gasteiger partial charge in [-0.05, 0) is 30.7 Å². The van der Waals surface area contributed by atoms with Crippen LogP contribution in [0, 0.1) is 0 Å². The average Bonchev–Trinajstić information content (AvgIpc) is 3.25. The van der Waals surface area contributed by atoms with Crippen LogP contribution in [0.3, 0.4) is 0 Å². The van der Waals surface area contributed by atoms with Gasteiger partial charge >= 0.3 is 0 Å². The van der Waals surface area contributed by atoms with E-state index in [1.807, 2.05) is 29.0 Å². The van der Waals surface area contributed by atoms with E-state index in [0.717, 1.165) is 41.9 Å². The normalized spacial score (nSPS) is 27.6. The van der Waals surface area contributed by atoms with Crippen molar-refractivity contribution in [1.82, 2.24) is 19.9 Å².